The molecule has 126 valence electrons. The first-order valence-electron chi connectivity index (χ1n) is 7.80. The molecule has 0 saturated heterocycles. The van der Waals surface area contributed by atoms with Crippen LogP contribution in [0.15, 0.2) is 28.7 Å². The van der Waals surface area contributed by atoms with Crippen molar-refractivity contribution < 1.29 is 14.3 Å². The van der Waals surface area contributed by atoms with Crippen molar-refractivity contribution in [1.29, 1.82) is 0 Å². The fourth-order valence-electron chi connectivity index (χ4n) is 2.97. The quantitative estimate of drug-likeness (QED) is 0.751. The van der Waals surface area contributed by atoms with E-state index in [0.717, 1.165) is 29.3 Å². The fourth-order valence-corrected chi connectivity index (χ4v) is 4.83. The number of carbonyl (C=O) groups is 2. The van der Waals surface area contributed by atoms with Gasteiger partial charge in [-0.15, -0.1) is 11.3 Å². The topological polar surface area (TPSA) is 55.4 Å². The standard InChI is InChI=1S/C18H18BrNO3S/c1-10-7-8-12-14(9-10)24-17(15(12)18(22)23-2)20-16(21)11-5-3-4-6-13(11)19/h3-6,10H,7-9H2,1-2H3,(H,20,21). The number of carbonyl (C=O) groups excluding carboxylic acids is 2. The molecule has 2 aromatic rings. The Morgan fingerprint density at radius 2 is 2.08 bits per heavy atom. The molecular weight excluding hydrogens is 390 g/mol. The molecule has 1 heterocycles. The highest BCUT2D eigenvalue weighted by Crippen LogP contribution is 2.40. The molecule has 0 aliphatic heterocycles. The maximum atomic E-state index is 12.6. The van der Waals surface area contributed by atoms with Gasteiger partial charge in [0.25, 0.3) is 5.91 Å². The first-order chi connectivity index (χ1) is 11.5. The van der Waals surface area contributed by atoms with Crippen LogP contribution in [0.4, 0.5) is 5.00 Å². The van der Waals surface area contributed by atoms with Gasteiger partial charge in [0.1, 0.15) is 5.00 Å². The summed E-state index contributed by atoms with van der Waals surface area (Å²) in [6, 6.07) is 7.22. The van der Waals surface area contributed by atoms with Crippen molar-refractivity contribution in [3.8, 4) is 0 Å². The van der Waals surface area contributed by atoms with Crippen LogP contribution in [-0.4, -0.2) is 19.0 Å². The van der Waals surface area contributed by atoms with Gasteiger partial charge < -0.3 is 10.1 Å². The molecule has 1 aliphatic carbocycles. The van der Waals surface area contributed by atoms with Crippen LogP contribution in [0.1, 0.15) is 44.5 Å². The largest absolute Gasteiger partial charge is 0.465 e. The van der Waals surface area contributed by atoms with Gasteiger partial charge >= 0.3 is 5.97 Å². The van der Waals surface area contributed by atoms with E-state index in [0.29, 0.717) is 22.0 Å². The van der Waals surface area contributed by atoms with E-state index in [1.54, 1.807) is 6.07 Å². The monoisotopic (exact) mass is 407 g/mol. The predicted octanol–water partition coefficient (Wildman–Crippen LogP) is 4.67. The first-order valence-corrected chi connectivity index (χ1v) is 9.41. The number of rotatable bonds is 3. The Kier molecular flexibility index (Phi) is 5.06. The second-order valence-electron chi connectivity index (χ2n) is 5.98. The van der Waals surface area contributed by atoms with Gasteiger partial charge in [-0.3, -0.25) is 4.79 Å². The van der Waals surface area contributed by atoms with Crippen LogP contribution in [0.3, 0.4) is 0 Å². The molecule has 1 N–H and O–H groups in total. The second kappa shape index (κ2) is 7.07. The number of thiophene rings is 1. The Hall–Kier alpha value is -1.66. The summed E-state index contributed by atoms with van der Waals surface area (Å²) in [5.41, 5.74) is 2.09. The Labute approximate surface area is 153 Å². The summed E-state index contributed by atoms with van der Waals surface area (Å²) in [6.07, 6.45) is 2.84. The van der Waals surface area contributed by atoms with Crippen LogP contribution in [0.25, 0.3) is 0 Å². The number of benzene rings is 1. The Balaban J connectivity index is 1.97. The average molecular weight is 408 g/mol. The van der Waals surface area contributed by atoms with Crippen LogP contribution in [0.2, 0.25) is 0 Å². The van der Waals surface area contributed by atoms with Crippen LogP contribution in [0, 0.1) is 5.92 Å². The van der Waals surface area contributed by atoms with Gasteiger partial charge in [0, 0.05) is 9.35 Å². The summed E-state index contributed by atoms with van der Waals surface area (Å²) in [5.74, 6) is -0.0304. The lowest BCUT2D eigenvalue weighted by atomic mass is 9.88. The molecule has 1 atom stereocenters. The smallest absolute Gasteiger partial charge is 0.341 e. The summed E-state index contributed by atoms with van der Waals surface area (Å²) in [5, 5.41) is 3.49. The molecule has 0 spiro atoms. The minimum atomic E-state index is -0.385. The van der Waals surface area contributed by atoms with Crippen molar-refractivity contribution in [2.45, 2.75) is 26.2 Å². The third kappa shape index (κ3) is 3.26. The molecule has 0 fully saturated rings. The number of esters is 1. The second-order valence-corrected chi connectivity index (χ2v) is 7.94. The van der Waals surface area contributed by atoms with Crippen molar-refractivity contribution in [1.82, 2.24) is 0 Å². The maximum absolute atomic E-state index is 12.6. The summed E-state index contributed by atoms with van der Waals surface area (Å²) in [6.45, 7) is 2.21. The van der Waals surface area contributed by atoms with E-state index < -0.39 is 0 Å². The Morgan fingerprint density at radius 1 is 1.33 bits per heavy atom. The van der Waals surface area contributed by atoms with E-state index in [2.05, 4.69) is 28.2 Å². The van der Waals surface area contributed by atoms with Crippen molar-refractivity contribution in [2.24, 2.45) is 5.92 Å². The summed E-state index contributed by atoms with van der Waals surface area (Å²) < 4.78 is 5.67. The highest BCUT2D eigenvalue weighted by molar-refractivity contribution is 9.10. The van der Waals surface area contributed by atoms with Crippen LogP contribution in [0.5, 0.6) is 0 Å². The zero-order chi connectivity index (χ0) is 17.3. The van der Waals surface area contributed by atoms with E-state index in [-0.39, 0.29) is 11.9 Å². The number of amides is 1. The molecule has 24 heavy (non-hydrogen) atoms. The van der Waals surface area contributed by atoms with Crippen LogP contribution < -0.4 is 5.32 Å². The number of anilines is 1. The molecule has 1 aliphatic rings. The molecule has 0 bridgehead atoms. The molecule has 1 aromatic carbocycles. The van der Waals surface area contributed by atoms with Crippen molar-refractivity contribution >= 4 is 44.1 Å². The van der Waals surface area contributed by atoms with Gasteiger partial charge in [-0.1, -0.05) is 19.1 Å². The zero-order valence-corrected chi connectivity index (χ0v) is 15.9. The van der Waals surface area contributed by atoms with Gasteiger partial charge in [0.05, 0.1) is 18.2 Å². The van der Waals surface area contributed by atoms with Crippen molar-refractivity contribution in [3.05, 3.63) is 50.3 Å². The van der Waals surface area contributed by atoms with Gasteiger partial charge in [-0.25, -0.2) is 4.79 Å². The van der Waals surface area contributed by atoms with Gasteiger partial charge in [0.2, 0.25) is 0 Å². The van der Waals surface area contributed by atoms with Crippen molar-refractivity contribution in [2.75, 3.05) is 12.4 Å². The molecular formula is C18H18BrNO3S. The maximum Gasteiger partial charge on any atom is 0.341 e. The lowest BCUT2D eigenvalue weighted by Crippen LogP contribution is -2.16. The van der Waals surface area contributed by atoms with E-state index in [9.17, 15) is 9.59 Å². The normalized spacial score (nSPS) is 16.4. The number of nitrogens with one attached hydrogen (secondary N) is 1. The highest BCUT2D eigenvalue weighted by Gasteiger charge is 2.29. The lowest BCUT2D eigenvalue weighted by Gasteiger charge is -2.18. The number of ether oxygens (including phenoxy) is 1. The average Bonchev–Trinajstić information content (AvgIpc) is 2.91. The number of methoxy groups -OCH3 is 1. The molecule has 1 unspecified atom stereocenters. The highest BCUT2D eigenvalue weighted by atomic mass is 79.9. The van der Waals surface area contributed by atoms with Gasteiger partial charge in [0.15, 0.2) is 0 Å². The zero-order valence-electron chi connectivity index (χ0n) is 13.5. The molecule has 6 heteroatoms. The predicted molar refractivity (Wildman–Crippen MR) is 98.9 cm³/mol. The summed E-state index contributed by atoms with van der Waals surface area (Å²) in [4.78, 5) is 26.0. The lowest BCUT2D eigenvalue weighted by molar-refractivity contribution is 0.0601. The Bertz CT molecular complexity index is 800. The van der Waals surface area contributed by atoms with Crippen LogP contribution >= 0.6 is 27.3 Å². The number of fused-ring (bicyclic) bond motifs is 1. The van der Waals surface area contributed by atoms with Gasteiger partial charge in [-0.05, 0) is 58.8 Å². The number of hydrogen-bond acceptors (Lipinski definition) is 4. The van der Waals surface area contributed by atoms with E-state index in [1.165, 1.54) is 23.3 Å². The third-order valence-corrected chi connectivity index (χ3v) is 6.11. The van der Waals surface area contributed by atoms with E-state index in [1.807, 2.05) is 18.2 Å². The van der Waals surface area contributed by atoms with Crippen LogP contribution in [-0.2, 0) is 17.6 Å². The molecule has 0 radical (unpaired) electrons. The van der Waals surface area contributed by atoms with Crippen molar-refractivity contribution in [3.63, 3.8) is 0 Å². The SMILES string of the molecule is COC(=O)c1c(NC(=O)c2ccccc2Br)sc2c1CCC(C)C2. The molecule has 4 nitrogen and oxygen atoms in total. The molecule has 0 saturated carbocycles. The Morgan fingerprint density at radius 3 is 2.79 bits per heavy atom. The first kappa shape index (κ1) is 17.2. The minimum absolute atomic E-state index is 0.237. The minimum Gasteiger partial charge on any atom is -0.465 e. The molecule has 1 aromatic heterocycles. The molecule has 3 rings (SSSR count). The number of hydrogen-bond donors (Lipinski definition) is 1. The van der Waals surface area contributed by atoms with Gasteiger partial charge in [-0.2, -0.15) is 0 Å². The van der Waals surface area contributed by atoms with E-state index in [4.69, 9.17) is 4.74 Å². The molecule has 1 amide bonds. The summed E-state index contributed by atoms with van der Waals surface area (Å²) in [7, 11) is 1.37. The number of halogens is 1. The van der Waals surface area contributed by atoms with E-state index >= 15 is 0 Å². The summed E-state index contributed by atoms with van der Waals surface area (Å²) >= 11 is 4.88. The fraction of sp³-hybridized carbons (Fsp3) is 0.333. The third-order valence-electron chi connectivity index (χ3n) is 4.25.